The van der Waals surface area contributed by atoms with Crippen LogP contribution in [0.5, 0.6) is 0 Å². The molecule has 0 spiro atoms. The van der Waals surface area contributed by atoms with Gasteiger partial charge in [-0.15, -0.1) is 5.92 Å². The number of carboxylic acid groups (broad SMARTS) is 1. The lowest BCUT2D eigenvalue weighted by Crippen LogP contribution is -2.44. The van der Waals surface area contributed by atoms with Crippen molar-refractivity contribution in [2.75, 3.05) is 18.0 Å². The number of nitrogens with two attached hydrogens (primary N) is 1. The first-order chi connectivity index (χ1) is 22.7. The number of fused-ring (bicyclic) bond motifs is 2. The molecule has 0 aliphatic carbocycles. The number of carboxylic acids is 1. The monoisotopic (exact) mass is 644 g/mol. The SMILES string of the molecule is CC#CCn1c(N2CCC[C@@H](N)C2)nc2c1c(=O)n(Cc1nc(C)c3ccccc3n1)c(=O)n2C.CCCCCCCCCC(=O)O. The van der Waals surface area contributed by atoms with E-state index in [1.807, 2.05) is 31.2 Å². The second-order valence-electron chi connectivity index (χ2n) is 12.2. The Kier molecular flexibility index (Phi) is 12.7. The summed E-state index contributed by atoms with van der Waals surface area (Å²) in [5, 5.41) is 9.29. The van der Waals surface area contributed by atoms with Crippen LogP contribution in [-0.2, 0) is 24.9 Å². The van der Waals surface area contributed by atoms with E-state index in [1.165, 1.54) is 41.2 Å². The molecule has 1 aromatic carbocycles. The summed E-state index contributed by atoms with van der Waals surface area (Å²) in [7, 11) is 1.63. The van der Waals surface area contributed by atoms with E-state index >= 15 is 0 Å². The zero-order valence-electron chi connectivity index (χ0n) is 28.2. The van der Waals surface area contributed by atoms with Crippen LogP contribution in [0.25, 0.3) is 22.1 Å². The van der Waals surface area contributed by atoms with Crippen molar-refractivity contribution in [1.29, 1.82) is 0 Å². The van der Waals surface area contributed by atoms with Gasteiger partial charge in [0, 0.05) is 43.7 Å². The average molecular weight is 645 g/mol. The molecule has 1 aliphatic rings. The van der Waals surface area contributed by atoms with Gasteiger partial charge < -0.3 is 15.7 Å². The topological polar surface area (TPSA) is 154 Å². The molecular formula is C35H48N8O4. The Bertz CT molecular complexity index is 1860. The number of unbranched alkanes of at least 4 members (excludes halogenated alkanes) is 6. The fourth-order valence-electron chi connectivity index (χ4n) is 5.98. The molecule has 0 amide bonds. The lowest BCUT2D eigenvalue weighted by Gasteiger charge is -2.31. The van der Waals surface area contributed by atoms with Crippen LogP contribution < -0.4 is 21.9 Å². The summed E-state index contributed by atoms with van der Waals surface area (Å²) in [5.41, 5.74) is 7.54. The fraction of sp³-hybridized carbons (Fsp3) is 0.543. The Morgan fingerprint density at radius 1 is 1.04 bits per heavy atom. The molecule has 0 saturated carbocycles. The smallest absolute Gasteiger partial charge is 0.332 e. The van der Waals surface area contributed by atoms with E-state index < -0.39 is 17.2 Å². The molecule has 1 atom stereocenters. The van der Waals surface area contributed by atoms with Crippen molar-refractivity contribution in [3.05, 3.63) is 56.6 Å². The number of aryl methyl sites for hydroxylation is 2. The maximum absolute atomic E-state index is 13.7. The highest BCUT2D eigenvalue weighted by Crippen LogP contribution is 2.23. The van der Waals surface area contributed by atoms with Crippen LogP contribution in [0.4, 0.5) is 5.95 Å². The van der Waals surface area contributed by atoms with Crippen molar-refractivity contribution >= 4 is 34.0 Å². The molecule has 1 fully saturated rings. The summed E-state index contributed by atoms with van der Waals surface area (Å²) in [6.45, 7) is 7.51. The van der Waals surface area contributed by atoms with Crippen molar-refractivity contribution in [3.8, 4) is 11.8 Å². The van der Waals surface area contributed by atoms with Gasteiger partial charge in [-0.05, 0) is 39.2 Å². The summed E-state index contributed by atoms with van der Waals surface area (Å²) in [5.74, 6) is 6.29. The fourth-order valence-corrected chi connectivity index (χ4v) is 5.98. The lowest BCUT2D eigenvalue weighted by atomic mass is 10.1. The second kappa shape index (κ2) is 16.9. The van der Waals surface area contributed by atoms with E-state index in [0.29, 0.717) is 35.9 Å². The molecule has 4 heterocycles. The summed E-state index contributed by atoms with van der Waals surface area (Å²) in [4.78, 5) is 53.1. The van der Waals surface area contributed by atoms with Gasteiger partial charge in [0.1, 0.15) is 5.82 Å². The zero-order valence-corrected chi connectivity index (χ0v) is 28.2. The molecule has 12 heteroatoms. The van der Waals surface area contributed by atoms with Crippen LogP contribution in [0.3, 0.4) is 0 Å². The molecule has 12 nitrogen and oxygen atoms in total. The van der Waals surface area contributed by atoms with Crippen molar-refractivity contribution in [3.63, 3.8) is 0 Å². The first-order valence-electron chi connectivity index (χ1n) is 16.7. The van der Waals surface area contributed by atoms with Gasteiger partial charge in [0.15, 0.2) is 11.2 Å². The molecule has 4 aromatic rings. The Balaban J connectivity index is 0.000000356. The molecule has 0 unspecified atom stereocenters. The van der Waals surface area contributed by atoms with Crippen LogP contribution in [0, 0.1) is 18.8 Å². The van der Waals surface area contributed by atoms with Crippen LogP contribution in [0.1, 0.15) is 89.6 Å². The molecule has 3 N–H and O–H groups in total. The predicted octanol–water partition coefficient (Wildman–Crippen LogP) is 4.36. The maximum Gasteiger partial charge on any atom is 0.332 e. The number of hydrogen-bond acceptors (Lipinski definition) is 8. The molecule has 0 bridgehead atoms. The molecule has 252 valence electrons. The maximum atomic E-state index is 13.7. The summed E-state index contributed by atoms with van der Waals surface area (Å²) in [6, 6.07) is 7.71. The Morgan fingerprint density at radius 2 is 1.77 bits per heavy atom. The number of benzene rings is 1. The van der Waals surface area contributed by atoms with E-state index in [9.17, 15) is 14.4 Å². The number of aromatic nitrogens is 6. The van der Waals surface area contributed by atoms with E-state index in [2.05, 4.69) is 33.6 Å². The van der Waals surface area contributed by atoms with Crippen molar-refractivity contribution < 1.29 is 9.90 Å². The number of para-hydroxylation sites is 1. The first kappa shape index (κ1) is 35.4. The van der Waals surface area contributed by atoms with Gasteiger partial charge >= 0.3 is 11.7 Å². The average Bonchev–Trinajstić information content (AvgIpc) is 3.44. The van der Waals surface area contributed by atoms with Crippen LogP contribution in [0.2, 0.25) is 0 Å². The second-order valence-corrected chi connectivity index (χ2v) is 12.2. The quantitative estimate of drug-likeness (QED) is 0.169. The number of imidazole rings is 1. The number of rotatable bonds is 12. The van der Waals surface area contributed by atoms with E-state index in [-0.39, 0.29) is 19.1 Å². The molecule has 47 heavy (non-hydrogen) atoms. The van der Waals surface area contributed by atoms with Gasteiger partial charge in [0.25, 0.3) is 5.56 Å². The van der Waals surface area contributed by atoms with Crippen LogP contribution >= 0.6 is 0 Å². The summed E-state index contributed by atoms with van der Waals surface area (Å²) < 4.78 is 4.39. The number of anilines is 1. The van der Waals surface area contributed by atoms with Crippen LogP contribution in [0.15, 0.2) is 33.9 Å². The minimum absolute atomic E-state index is 0.0306. The molecule has 1 saturated heterocycles. The Labute approximate surface area is 275 Å². The van der Waals surface area contributed by atoms with Gasteiger partial charge in [-0.2, -0.15) is 4.98 Å². The summed E-state index contributed by atoms with van der Waals surface area (Å²) in [6.07, 6.45) is 10.5. The van der Waals surface area contributed by atoms with Gasteiger partial charge in [-0.1, -0.05) is 69.6 Å². The predicted molar refractivity (Wildman–Crippen MR) is 186 cm³/mol. The third-order valence-electron chi connectivity index (χ3n) is 8.50. The zero-order chi connectivity index (χ0) is 33.9. The Hall–Kier alpha value is -4.50. The number of piperidine rings is 1. The Morgan fingerprint density at radius 3 is 2.47 bits per heavy atom. The van der Waals surface area contributed by atoms with Crippen molar-refractivity contribution in [1.82, 2.24) is 28.7 Å². The first-order valence-corrected chi connectivity index (χ1v) is 16.7. The van der Waals surface area contributed by atoms with Gasteiger partial charge in [0.05, 0.1) is 18.6 Å². The highest BCUT2D eigenvalue weighted by atomic mass is 16.4. The van der Waals surface area contributed by atoms with E-state index in [1.54, 1.807) is 18.5 Å². The highest BCUT2D eigenvalue weighted by molar-refractivity contribution is 5.80. The highest BCUT2D eigenvalue weighted by Gasteiger charge is 2.26. The van der Waals surface area contributed by atoms with Crippen molar-refractivity contribution in [2.45, 2.75) is 104 Å². The molecular weight excluding hydrogens is 596 g/mol. The van der Waals surface area contributed by atoms with E-state index in [0.717, 1.165) is 48.8 Å². The van der Waals surface area contributed by atoms with E-state index in [4.69, 9.17) is 15.8 Å². The normalized spacial score (nSPS) is 14.5. The summed E-state index contributed by atoms with van der Waals surface area (Å²) >= 11 is 0. The third kappa shape index (κ3) is 8.86. The standard InChI is InChI=1S/C25H28N8O2.C10H20O2/c1-4-5-13-32-21-22(29-24(32)31-12-8-9-17(26)14-31)30(3)25(35)33(23(21)34)15-20-27-16(2)18-10-6-7-11-19(18)28-20;1-2-3-4-5-6-7-8-9-10(11)12/h6-7,10-11,17H,8-9,12-15,26H2,1-3H3;2-9H2,1H3,(H,11,12)/t17-;/m1./s1. The molecule has 3 aromatic heterocycles. The van der Waals surface area contributed by atoms with Crippen LogP contribution in [-0.4, -0.2) is 58.9 Å². The van der Waals surface area contributed by atoms with Gasteiger partial charge in [0.2, 0.25) is 5.95 Å². The minimum atomic E-state index is -0.663. The lowest BCUT2D eigenvalue weighted by molar-refractivity contribution is -0.137. The molecule has 1 aliphatic heterocycles. The number of aliphatic carboxylic acids is 1. The minimum Gasteiger partial charge on any atom is -0.481 e. The van der Waals surface area contributed by atoms with Gasteiger partial charge in [-0.3, -0.25) is 23.3 Å². The largest absolute Gasteiger partial charge is 0.481 e. The molecule has 0 radical (unpaired) electrons. The van der Waals surface area contributed by atoms with Gasteiger partial charge in [-0.25, -0.2) is 14.8 Å². The molecule has 5 rings (SSSR count). The number of carbonyl (C=O) groups is 1. The third-order valence-corrected chi connectivity index (χ3v) is 8.50. The number of nitrogens with zero attached hydrogens (tertiary/aromatic N) is 7. The number of hydrogen-bond donors (Lipinski definition) is 2. The van der Waals surface area contributed by atoms with Crippen molar-refractivity contribution in [2.24, 2.45) is 12.8 Å².